The van der Waals surface area contributed by atoms with E-state index >= 15 is 0 Å². The van der Waals surface area contributed by atoms with Gasteiger partial charge in [-0.1, -0.05) is 12.1 Å². The van der Waals surface area contributed by atoms with Gasteiger partial charge in [-0.05, 0) is 25.8 Å². The van der Waals surface area contributed by atoms with Gasteiger partial charge in [-0.25, -0.2) is 8.42 Å². The number of nitrogens with one attached hydrogen (secondary N) is 1. The van der Waals surface area contributed by atoms with Crippen molar-refractivity contribution in [2.45, 2.75) is 31.6 Å². The Balaban J connectivity index is 1.93. The molecule has 112 valence electrons. The Kier molecular flexibility index (Phi) is 4.88. The van der Waals surface area contributed by atoms with Crippen LogP contribution in [-0.4, -0.2) is 37.7 Å². The number of sulfone groups is 1. The monoisotopic (exact) mass is 299 g/mol. The number of hydrogen-bond donors (Lipinski definition) is 2. The van der Waals surface area contributed by atoms with Crippen LogP contribution in [0.5, 0.6) is 11.5 Å². The first kappa shape index (κ1) is 15.1. The Labute approximate surface area is 119 Å². The molecule has 0 radical (unpaired) electrons. The predicted octanol–water partition coefficient (Wildman–Crippen LogP) is 1.46. The molecule has 1 aromatic rings. The summed E-state index contributed by atoms with van der Waals surface area (Å²) < 4.78 is 28.7. The molecule has 20 heavy (non-hydrogen) atoms. The molecule has 1 aromatic carbocycles. The van der Waals surface area contributed by atoms with E-state index < -0.39 is 9.84 Å². The smallest absolute Gasteiger partial charge is 0.162 e. The van der Waals surface area contributed by atoms with Crippen molar-refractivity contribution in [3.8, 4) is 11.5 Å². The summed E-state index contributed by atoms with van der Waals surface area (Å²) in [5, 5.41) is 12.9. The highest BCUT2D eigenvalue weighted by Crippen LogP contribution is 2.29. The van der Waals surface area contributed by atoms with Crippen LogP contribution in [0.4, 0.5) is 0 Å². The van der Waals surface area contributed by atoms with E-state index in [-0.39, 0.29) is 11.0 Å². The van der Waals surface area contributed by atoms with Crippen molar-refractivity contribution < 1.29 is 18.3 Å². The molecule has 1 saturated heterocycles. The second kappa shape index (κ2) is 6.45. The van der Waals surface area contributed by atoms with Crippen LogP contribution in [0.2, 0.25) is 0 Å². The Morgan fingerprint density at radius 3 is 2.90 bits per heavy atom. The van der Waals surface area contributed by atoms with Gasteiger partial charge in [-0.15, -0.1) is 0 Å². The van der Waals surface area contributed by atoms with Crippen LogP contribution >= 0.6 is 0 Å². The minimum absolute atomic E-state index is 0.121. The van der Waals surface area contributed by atoms with E-state index in [1.807, 2.05) is 13.0 Å². The Bertz CT molecular complexity index is 556. The van der Waals surface area contributed by atoms with E-state index in [9.17, 15) is 13.5 Å². The lowest BCUT2D eigenvalue weighted by Crippen LogP contribution is -2.30. The fraction of sp³-hybridized carbons (Fsp3) is 0.571. The maximum atomic E-state index is 11.7. The lowest BCUT2D eigenvalue weighted by atomic mass is 10.2. The van der Waals surface area contributed by atoms with Gasteiger partial charge in [0.1, 0.15) is 0 Å². The van der Waals surface area contributed by atoms with Crippen molar-refractivity contribution >= 4 is 9.84 Å². The SMILES string of the molecule is CCOc1cccc(CNCC2CCCS2(=O)=O)c1O. The normalized spacial score (nSPS) is 20.9. The van der Waals surface area contributed by atoms with Crippen molar-refractivity contribution in [2.24, 2.45) is 0 Å². The highest BCUT2D eigenvalue weighted by atomic mass is 32.2. The fourth-order valence-corrected chi connectivity index (χ4v) is 4.24. The molecule has 0 aliphatic carbocycles. The van der Waals surface area contributed by atoms with Crippen LogP contribution < -0.4 is 10.1 Å². The first-order valence-corrected chi connectivity index (χ1v) is 8.62. The van der Waals surface area contributed by atoms with E-state index in [2.05, 4.69) is 5.32 Å². The minimum Gasteiger partial charge on any atom is -0.504 e. The molecular formula is C14H21NO4S. The quantitative estimate of drug-likeness (QED) is 0.831. The summed E-state index contributed by atoms with van der Waals surface area (Å²) >= 11 is 0. The molecule has 1 heterocycles. The molecule has 0 bridgehead atoms. The molecule has 2 N–H and O–H groups in total. The van der Waals surface area contributed by atoms with Crippen LogP contribution in [0.1, 0.15) is 25.3 Å². The standard InChI is InChI=1S/C14H21NO4S/c1-2-19-13-7-3-5-11(14(13)16)9-15-10-12-6-4-8-20(12,17)18/h3,5,7,12,15-16H,2,4,6,8-10H2,1H3. The molecule has 1 fully saturated rings. The van der Waals surface area contributed by atoms with Crippen molar-refractivity contribution in [2.75, 3.05) is 18.9 Å². The maximum absolute atomic E-state index is 11.7. The summed E-state index contributed by atoms with van der Waals surface area (Å²) in [6.07, 6.45) is 1.47. The molecular weight excluding hydrogens is 278 g/mol. The number of hydrogen-bond acceptors (Lipinski definition) is 5. The third-order valence-corrected chi connectivity index (χ3v) is 5.81. The fourth-order valence-electron chi connectivity index (χ4n) is 2.44. The molecule has 1 aliphatic rings. The van der Waals surface area contributed by atoms with Crippen LogP contribution in [0, 0.1) is 0 Å². The Morgan fingerprint density at radius 2 is 2.25 bits per heavy atom. The van der Waals surface area contributed by atoms with Crippen molar-refractivity contribution in [3.63, 3.8) is 0 Å². The van der Waals surface area contributed by atoms with E-state index in [0.717, 1.165) is 12.8 Å². The Morgan fingerprint density at radius 1 is 1.45 bits per heavy atom. The first-order chi connectivity index (χ1) is 9.54. The number of ether oxygens (including phenoxy) is 1. The molecule has 6 heteroatoms. The van der Waals surface area contributed by atoms with Crippen molar-refractivity contribution in [3.05, 3.63) is 23.8 Å². The number of rotatable bonds is 6. The molecule has 2 rings (SSSR count). The third-order valence-electron chi connectivity index (χ3n) is 3.53. The molecule has 0 amide bonds. The highest BCUT2D eigenvalue weighted by molar-refractivity contribution is 7.92. The third kappa shape index (κ3) is 3.43. The van der Waals surface area contributed by atoms with Gasteiger partial charge in [0.25, 0.3) is 0 Å². The van der Waals surface area contributed by atoms with Crippen LogP contribution in [0.15, 0.2) is 18.2 Å². The zero-order valence-electron chi connectivity index (χ0n) is 11.6. The summed E-state index contributed by atoms with van der Waals surface area (Å²) in [6.45, 7) is 3.21. The first-order valence-electron chi connectivity index (χ1n) is 6.90. The summed E-state index contributed by atoms with van der Waals surface area (Å²) in [5.41, 5.74) is 0.714. The van der Waals surface area contributed by atoms with E-state index in [4.69, 9.17) is 4.74 Å². The lowest BCUT2D eigenvalue weighted by Gasteiger charge is -2.13. The minimum atomic E-state index is -2.92. The van der Waals surface area contributed by atoms with Gasteiger partial charge in [-0.3, -0.25) is 0 Å². The van der Waals surface area contributed by atoms with Crippen LogP contribution in [-0.2, 0) is 16.4 Å². The number of aromatic hydroxyl groups is 1. The van der Waals surface area contributed by atoms with Gasteiger partial charge >= 0.3 is 0 Å². The van der Waals surface area contributed by atoms with E-state index in [1.165, 1.54) is 0 Å². The number of benzene rings is 1. The average molecular weight is 299 g/mol. The molecule has 0 spiro atoms. The molecule has 0 saturated carbocycles. The van der Waals surface area contributed by atoms with Gasteiger partial charge in [0, 0.05) is 18.7 Å². The zero-order valence-corrected chi connectivity index (χ0v) is 12.4. The molecule has 1 atom stereocenters. The average Bonchev–Trinajstić information content (AvgIpc) is 2.73. The van der Waals surface area contributed by atoms with Crippen molar-refractivity contribution in [1.82, 2.24) is 5.32 Å². The molecule has 1 unspecified atom stereocenters. The number of phenolic OH excluding ortho intramolecular Hbond substituents is 1. The number of phenols is 1. The van der Waals surface area contributed by atoms with Gasteiger partial charge in [0.15, 0.2) is 21.3 Å². The summed E-state index contributed by atoms with van der Waals surface area (Å²) in [4.78, 5) is 0. The molecule has 0 aromatic heterocycles. The highest BCUT2D eigenvalue weighted by Gasteiger charge is 2.30. The topological polar surface area (TPSA) is 75.6 Å². The maximum Gasteiger partial charge on any atom is 0.162 e. The lowest BCUT2D eigenvalue weighted by molar-refractivity contribution is 0.316. The largest absolute Gasteiger partial charge is 0.504 e. The predicted molar refractivity (Wildman–Crippen MR) is 77.8 cm³/mol. The summed E-state index contributed by atoms with van der Waals surface area (Å²) in [7, 11) is -2.92. The second-order valence-electron chi connectivity index (χ2n) is 4.96. The van der Waals surface area contributed by atoms with Gasteiger partial charge in [0.2, 0.25) is 0 Å². The van der Waals surface area contributed by atoms with Crippen molar-refractivity contribution in [1.29, 1.82) is 0 Å². The van der Waals surface area contributed by atoms with Crippen LogP contribution in [0.3, 0.4) is 0 Å². The molecule has 5 nitrogen and oxygen atoms in total. The molecule has 1 aliphatic heterocycles. The van der Waals surface area contributed by atoms with Gasteiger partial charge < -0.3 is 15.2 Å². The van der Waals surface area contributed by atoms with Gasteiger partial charge in [0.05, 0.1) is 17.6 Å². The summed E-state index contributed by atoms with van der Waals surface area (Å²) in [5.74, 6) is 0.876. The summed E-state index contributed by atoms with van der Waals surface area (Å²) in [6, 6.07) is 5.33. The van der Waals surface area contributed by atoms with E-state index in [0.29, 0.717) is 36.8 Å². The Hall–Kier alpha value is -1.27. The van der Waals surface area contributed by atoms with Crippen LogP contribution in [0.25, 0.3) is 0 Å². The second-order valence-corrected chi connectivity index (χ2v) is 7.36. The van der Waals surface area contributed by atoms with Gasteiger partial charge in [-0.2, -0.15) is 0 Å². The zero-order chi connectivity index (χ0) is 14.6. The number of para-hydroxylation sites is 1. The van der Waals surface area contributed by atoms with E-state index in [1.54, 1.807) is 12.1 Å².